The Morgan fingerprint density at radius 2 is 2.25 bits per heavy atom. The molecule has 1 aliphatic rings. The van der Waals surface area contributed by atoms with Gasteiger partial charge in [0.1, 0.15) is 0 Å². The Hall–Kier alpha value is -0.340. The van der Waals surface area contributed by atoms with Crippen molar-refractivity contribution in [3.8, 4) is 0 Å². The molecule has 3 atom stereocenters. The molecule has 1 aromatic rings. The van der Waals surface area contributed by atoms with E-state index >= 15 is 0 Å². The van der Waals surface area contributed by atoms with Crippen LogP contribution in [0.3, 0.4) is 0 Å². The molecule has 1 aliphatic carbocycles. The van der Waals surface area contributed by atoms with Crippen molar-refractivity contribution in [3.63, 3.8) is 0 Å². The van der Waals surface area contributed by atoms with E-state index in [2.05, 4.69) is 24.6 Å². The Morgan fingerprint density at radius 3 is 2.88 bits per heavy atom. The monoisotopic (exact) mass is 238 g/mol. The fourth-order valence-electron chi connectivity index (χ4n) is 2.92. The zero-order chi connectivity index (χ0) is 11.5. The molecule has 3 unspecified atom stereocenters. The van der Waals surface area contributed by atoms with E-state index in [1.807, 2.05) is 0 Å². The summed E-state index contributed by atoms with van der Waals surface area (Å²) >= 11 is 1.71. The zero-order valence-corrected chi connectivity index (χ0v) is 11.1. The van der Waals surface area contributed by atoms with Gasteiger partial charge in [-0.1, -0.05) is 26.2 Å². The number of thiophene rings is 1. The largest absolute Gasteiger partial charge is 0.388 e. The molecule has 16 heavy (non-hydrogen) atoms. The number of rotatable bonds is 3. The first kappa shape index (κ1) is 12.1. The molecule has 1 aromatic heterocycles. The molecule has 1 heterocycles. The van der Waals surface area contributed by atoms with Gasteiger partial charge in [-0.2, -0.15) is 11.3 Å². The molecular formula is C14H22OS. The van der Waals surface area contributed by atoms with Gasteiger partial charge < -0.3 is 5.11 Å². The van der Waals surface area contributed by atoms with Crippen LogP contribution in [-0.4, -0.2) is 5.11 Å². The van der Waals surface area contributed by atoms with Crippen molar-refractivity contribution in [3.05, 3.63) is 21.9 Å². The molecule has 1 N–H and O–H groups in total. The molecule has 0 aromatic carbocycles. The minimum atomic E-state index is -0.222. The summed E-state index contributed by atoms with van der Waals surface area (Å²) in [5, 5.41) is 14.7. The Balaban J connectivity index is 2.04. The number of aryl methyl sites for hydroxylation is 1. The average Bonchev–Trinajstić information content (AvgIpc) is 2.74. The van der Waals surface area contributed by atoms with Gasteiger partial charge in [-0.25, -0.2) is 0 Å². The summed E-state index contributed by atoms with van der Waals surface area (Å²) in [4.78, 5) is 0. The first-order chi connectivity index (χ1) is 7.72. The minimum Gasteiger partial charge on any atom is -0.388 e. The summed E-state index contributed by atoms with van der Waals surface area (Å²) in [7, 11) is 0. The second kappa shape index (κ2) is 5.33. The summed E-state index contributed by atoms with van der Waals surface area (Å²) < 4.78 is 0. The second-order valence-corrected chi connectivity index (χ2v) is 5.90. The predicted molar refractivity (Wildman–Crippen MR) is 69.8 cm³/mol. The highest BCUT2D eigenvalue weighted by atomic mass is 32.1. The molecule has 1 nitrogen and oxygen atoms in total. The van der Waals surface area contributed by atoms with Crippen LogP contribution in [0.2, 0.25) is 0 Å². The second-order valence-electron chi connectivity index (χ2n) is 5.16. The Morgan fingerprint density at radius 1 is 1.44 bits per heavy atom. The van der Waals surface area contributed by atoms with Crippen molar-refractivity contribution in [2.24, 2.45) is 11.8 Å². The summed E-state index contributed by atoms with van der Waals surface area (Å²) in [6.07, 6.45) is 6.12. The Bertz CT molecular complexity index is 331. The van der Waals surface area contributed by atoms with Gasteiger partial charge in [0.25, 0.3) is 0 Å². The smallest absolute Gasteiger partial charge is 0.0828 e. The fraction of sp³-hybridized carbons (Fsp3) is 0.714. The van der Waals surface area contributed by atoms with Gasteiger partial charge in [-0.05, 0) is 53.5 Å². The highest BCUT2D eigenvalue weighted by molar-refractivity contribution is 7.08. The van der Waals surface area contributed by atoms with Crippen molar-refractivity contribution in [2.45, 2.75) is 52.1 Å². The number of hydrogen-bond acceptors (Lipinski definition) is 2. The molecule has 2 rings (SSSR count). The molecule has 1 fully saturated rings. The van der Waals surface area contributed by atoms with Crippen molar-refractivity contribution in [1.29, 1.82) is 0 Å². The van der Waals surface area contributed by atoms with Gasteiger partial charge in [0.05, 0.1) is 6.10 Å². The summed E-state index contributed by atoms with van der Waals surface area (Å²) in [5.74, 6) is 1.33. The fourth-order valence-corrected chi connectivity index (χ4v) is 3.80. The van der Waals surface area contributed by atoms with E-state index in [1.54, 1.807) is 11.3 Å². The van der Waals surface area contributed by atoms with E-state index in [1.165, 1.54) is 43.2 Å². The molecule has 0 aliphatic heterocycles. The Kier molecular flexibility index (Phi) is 4.04. The van der Waals surface area contributed by atoms with Gasteiger partial charge in [0.15, 0.2) is 0 Å². The van der Waals surface area contributed by atoms with Gasteiger partial charge in [-0.15, -0.1) is 0 Å². The van der Waals surface area contributed by atoms with Crippen LogP contribution in [0.4, 0.5) is 0 Å². The lowest BCUT2D eigenvalue weighted by atomic mass is 9.76. The van der Waals surface area contributed by atoms with Gasteiger partial charge in [-0.3, -0.25) is 0 Å². The van der Waals surface area contributed by atoms with Gasteiger partial charge in [0.2, 0.25) is 0 Å². The number of aliphatic hydroxyl groups is 1. The highest BCUT2D eigenvalue weighted by Crippen LogP contribution is 2.39. The molecule has 0 radical (unpaired) electrons. The van der Waals surface area contributed by atoms with Crippen molar-refractivity contribution in [2.75, 3.05) is 0 Å². The van der Waals surface area contributed by atoms with Crippen LogP contribution in [0.25, 0.3) is 0 Å². The van der Waals surface area contributed by atoms with Crippen LogP contribution in [0, 0.1) is 18.8 Å². The van der Waals surface area contributed by atoms with Crippen LogP contribution in [0.5, 0.6) is 0 Å². The van der Waals surface area contributed by atoms with Crippen LogP contribution in [0.15, 0.2) is 10.8 Å². The summed E-state index contributed by atoms with van der Waals surface area (Å²) in [5.41, 5.74) is 2.43. The maximum Gasteiger partial charge on any atom is 0.0828 e. The van der Waals surface area contributed by atoms with E-state index in [9.17, 15) is 5.11 Å². The number of hydrogen-bond donors (Lipinski definition) is 1. The third-order valence-corrected chi connectivity index (χ3v) is 4.94. The topological polar surface area (TPSA) is 20.2 Å². The molecule has 0 spiro atoms. The van der Waals surface area contributed by atoms with Crippen molar-refractivity contribution >= 4 is 11.3 Å². The first-order valence-electron chi connectivity index (χ1n) is 6.43. The Labute approximate surface area is 103 Å². The third-order valence-electron chi connectivity index (χ3n) is 4.06. The summed E-state index contributed by atoms with van der Waals surface area (Å²) in [6, 6.07) is 0. The van der Waals surface area contributed by atoms with E-state index in [0.717, 1.165) is 5.92 Å². The lowest BCUT2D eigenvalue weighted by Crippen LogP contribution is -2.21. The summed E-state index contributed by atoms with van der Waals surface area (Å²) in [6.45, 7) is 4.38. The standard InChI is InChI=1S/C14H22OS/c1-3-11-5-4-6-12(7-11)14(15)13-9-16-8-10(13)2/h8-9,11-12,14-15H,3-7H2,1-2H3. The van der Waals surface area contributed by atoms with Crippen LogP contribution >= 0.6 is 11.3 Å². The maximum absolute atomic E-state index is 10.4. The van der Waals surface area contributed by atoms with Crippen LogP contribution in [0.1, 0.15) is 56.3 Å². The third kappa shape index (κ3) is 2.49. The lowest BCUT2D eigenvalue weighted by molar-refractivity contribution is 0.0677. The van der Waals surface area contributed by atoms with Crippen LogP contribution in [-0.2, 0) is 0 Å². The van der Waals surface area contributed by atoms with E-state index in [4.69, 9.17) is 0 Å². The molecule has 0 bridgehead atoms. The zero-order valence-electron chi connectivity index (χ0n) is 10.3. The number of aliphatic hydroxyl groups excluding tert-OH is 1. The SMILES string of the molecule is CCC1CCCC(C(O)c2cscc2C)C1. The van der Waals surface area contributed by atoms with Crippen LogP contribution < -0.4 is 0 Å². The molecule has 0 saturated heterocycles. The minimum absolute atomic E-state index is 0.222. The predicted octanol–water partition coefficient (Wildman–Crippen LogP) is 4.31. The van der Waals surface area contributed by atoms with E-state index in [-0.39, 0.29) is 6.10 Å². The van der Waals surface area contributed by atoms with E-state index in [0.29, 0.717) is 5.92 Å². The maximum atomic E-state index is 10.4. The van der Waals surface area contributed by atoms with Gasteiger partial charge in [0, 0.05) is 0 Å². The van der Waals surface area contributed by atoms with Gasteiger partial charge >= 0.3 is 0 Å². The molecular weight excluding hydrogens is 216 g/mol. The molecule has 2 heteroatoms. The van der Waals surface area contributed by atoms with Crippen molar-refractivity contribution in [1.82, 2.24) is 0 Å². The van der Waals surface area contributed by atoms with Crippen molar-refractivity contribution < 1.29 is 5.11 Å². The normalized spacial score (nSPS) is 27.9. The lowest BCUT2D eigenvalue weighted by Gasteiger charge is -2.31. The molecule has 1 saturated carbocycles. The quantitative estimate of drug-likeness (QED) is 0.832. The van der Waals surface area contributed by atoms with E-state index < -0.39 is 0 Å². The average molecular weight is 238 g/mol. The first-order valence-corrected chi connectivity index (χ1v) is 7.37. The molecule has 0 amide bonds. The highest BCUT2D eigenvalue weighted by Gasteiger charge is 2.28. The molecule has 90 valence electrons.